The lowest BCUT2D eigenvalue weighted by atomic mass is 9.61. The molecule has 0 amide bonds. The maximum Gasteiger partial charge on any atom is 0.314 e. The lowest BCUT2D eigenvalue weighted by Crippen LogP contribution is -2.49. The minimum atomic E-state index is -0.574. The summed E-state index contributed by atoms with van der Waals surface area (Å²) in [5.41, 5.74) is 1.90. The Morgan fingerprint density at radius 1 is 1.36 bits per heavy atom. The van der Waals surface area contributed by atoms with Crippen LogP contribution in [0.2, 0.25) is 0 Å². The molecule has 1 aromatic carbocycles. The van der Waals surface area contributed by atoms with Crippen molar-refractivity contribution in [2.24, 2.45) is 5.41 Å². The maximum absolute atomic E-state index is 12.7. The molecule has 0 radical (unpaired) electrons. The van der Waals surface area contributed by atoms with Crippen LogP contribution < -0.4 is 0 Å². The Hall–Kier alpha value is -2.17. The molecule has 3 heterocycles. The van der Waals surface area contributed by atoms with E-state index < -0.39 is 5.41 Å². The van der Waals surface area contributed by atoms with E-state index in [0.29, 0.717) is 6.61 Å². The van der Waals surface area contributed by atoms with Gasteiger partial charge in [0, 0.05) is 5.92 Å². The van der Waals surface area contributed by atoms with Gasteiger partial charge in [-0.15, -0.1) is 10.2 Å². The molecule has 2 aromatic rings. The first-order valence-electron chi connectivity index (χ1n) is 7.75. The Morgan fingerprint density at radius 2 is 2.09 bits per heavy atom. The SMILES string of the molecule is CCOC(=O)C1(C)CC2c3ccccc3C1n1c(C)nnc12. The summed E-state index contributed by atoms with van der Waals surface area (Å²) in [7, 11) is 0. The number of rotatable bonds is 2. The van der Waals surface area contributed by atoms with Gasteiger partial charge < -0.3 is 9.30 Å². The fourth-order valence-corrected chi connectivity index (χ4v) is 4.15. The monoisotopic (exact) mass is 297 g/mol. The highest BCUT2D eigenvalue weighted by molar-refractivity contribution is 5.79. The van der Waals surface area contributed by atoms with E-state index >= 15 is 0 Å². The molecular formula is C17H19N3O2. The third-order valence-electron chi connectivity index (χ3n) is 5.10. The summed E-state index contributed by atoms with van der Waals surface area (Å²) in [6, 6.07) is 8.26. The highest BCUT2D eigenvalue weighted by atomic mass is 16.5. The Morgan fingerprint density at radius 3 is 2.82 bits per heavy atom. The van der Waals surface area contributed by atoms with Gasteiger partial charge in [0.2, 0.25) is 0 Å². The Labute approximate surface area is 129 Å². The van der Waals surface area contributed by atoms with E-state index in [-0.39, 0.29) is 17.9 Å². The third kappa shape index (κ3) is 1.51. The molecule has 1 aromatic heterocycles. The van der Waals surface area contributed by atoms with Gasteiger partial charge in [0.1, 0.15) is 11.6 Å². The quantitative estimate of drug-likeness (QED) is 0.800. The number of carbonyl (C=O) groups is 1. The van der Waals surface area contributed by atoms with Crippen LogP contribution in [0.3, 0.4) is 0 Å². The van der Waals surface area contributed by atoms with Crippen LogP contribution >= 0.6 is 0 Å². The van der Waals surface area contributed by atoms with Crippen LogP contribution in [-0.2, 0) is 9.53 Å². The van der Waals surface area contributed by atoms with Crippen LogP contribution in [0.25, 0.3) is 0 Å². The molecule has 3 atom stereocenters. The van der Waals surface area contributed by atoms with Gasteiger partial charge in [0.15, 0.2) is 0 Å². The van der Waals surface area contributed by atoms with Gasteiger partial charge in [0.25, 0.3) is 0 Å². The molecule has 114 valence electrons. The molecule has 5 heteroatoms. The van der Waals surface area contributed by atoms with Gasteiger partial charge in [-0.1, -0.05) is 24.3 Å². The standard InChI is InChI=1S/C17H19N3O2/c1-4-22-16(21)17(3)9-13-11-7-5-6-8-12(11)14(17)20-10(2)18-19-15(13)20/h5-8,13-14H,4,9H2,1-3H3. The summed E-state index contributed by atoms with van der Waals surface area (Å²) in [5, 5.41) is 8.62. The number of hydrogen-bond donors (Lipinski definition) is 0. The van der Waals surface area contributed by atoms with Crippen molar-refractivity contribution in [2.75, 3.05) is 6.61 Å². The first-order chi connectivity index (χ1) is 10.6. The second kappa shape index (κ2) is 4.41. The summed E-state index contributed by atoms with van der Waals surface area (Å²) in [6.07, 6.45) is 0.728. The lowest BCUT2D eigenvalue weighted by molar-refractivity contribution is -0.158. The van der Waals surface area contributed by atoms with Crippen molar-refractivity contribution in [3.05, 3.63) is 47.0 Å². The normalized spacial score (nSPS) is 28.1. The second-order valence-electron chi connectivity index (χ2n) is 6.40. The largest absolute Gasteiger partial charge is 0.466 e. The molecule has 3 unspecified atom stereocenters. The Balaban J connectivity index is 1.96. The number of carbonyl (C=O) groups excluding carboxylic acids is 1. The first kappa shape index (κ1) is 13.5. The predicted octanol–water partition coefficient (Wildman–Crippen LogP) is 2.59. The van der Waals surface area contributed by atoms with Gasteiger partial charge >= 0.3 is 5.97 Å². The molecule has 5 nitrogen and oxygen atoms in total. The number of fused-ring (bicyclic) bond motifs is 1. The fourth-order valence-electron chi connectivity index (χ4n) is 4.15. The van der Waals surface area contributed by atoms with E-state index in [9.17, 15) is 4.79 Å². The topological polar surface area (TPSA) is 57.0 Å². The predicted molar refractivity (Wildman–Crippen MR) is 80.5 cm³/mol. The lowest BCUT2D eigenvalue weighted by Gasteiger charge is -2.49. The summed E-state index contributed by atoms with van der Waals surface area (Å²) >= 11 is 0. The molecule has 0 saturated carbocycles. The molecular weight excluding hydrogens is 278 g/mol. The molecule has 0 spiro atoms. The van der Waals surface area contributed by atoms with Crippen LogP contribution in [0.4, 0.5) is 0 Å². The number of aryl methyl sites for hydroxylation is 1. The number of ether oxygens (including phenoxy) is 1. The van der Waals surface area contributed by atoms with Crippen LogP contribution in [0, 0.1) is 12.3 Å². The van der Waals surface area contributed by atoms with Gasteiger partial charge in [0.05, 0.1) is 18.1 Å². The van der Waals surface area contributed by atoms with Crippen molar-refractivity contribution in [1.82, 2.24) is 14.8 Å². The zero-order valence-corrected chi connectivity index (χ0v) is 13.0. The highest BCUT2D eigenvalue weighted by Crippen LogP contribution is 2.58. The van der Waals surface area contributed by atoms with Crippen molar-refractivity contribution in [1.29, 1.82) is 0 Å². The van der Waals surface area contributed by atoms with E-state index in [2.05, 4.69) is 33.0 Å². The molecule has 0 saturated heterocycles. The van der Waals surface area contributed by atoms with E-state index in [1.807, 2.05) is 26.8 Å². The van der Waals surface area contributed by atoms with Crippen LogP contribution in [0.15, 0.2) is 24.3 Å². The van der Waals surface area contributed by atoms with Gasteiger partial charge in [-0.05, 0) is 38.3 Å². The minimum Gasteiger partial charge on any atom is -0.466 e. The van der Waals surface area contributed by atoms with Crippen LogP contribution in [0.1, 0.15) is 55.0 Å². The van der Waals surface area contributed by atoms with Crippen LogP contribution in [-0.4, -0.2) is 27.3 Å². The van der Waals surface area contributed by atoms with Crippen molar-refractivity contribution < 1.29 is 9.53 Å². The summed E-state index contributed by atoms with van der Waals surface area (Å²) in [4.78, 5) is 12.7. The number of hydrogen-bond acceptors (Lipinski definition) is 4. The van der Waals surface area contributed by atoms with Crippen molar-refractivity contribution >= 4 is 5.97 Å². The van der Waals surface area contributed by atoms with E-state index in [1.165, 1.54) is 11.1 Å². The van der Waals surface area contributed by atoms with E-state index in [4.69, 9.17) is 4.74 Å². The zero-order chi connectivity index (χ0) is 15.5. The smallest absolute Gasteiger partial charge is 0.314 e. The number of aromatic nitrogens is 3. The summed E-state index contributed by atoms with van der Waals surface area (Å²) in [6.45, 7) is 6.22. The van der Waals surface area contributed by atoms with Crippen molar-refractivity contribution in [3.8, 4) is 0 Å². The zero-order valence-electron chi connectivity index (χ0n) is 13.0. The third-order valence-corrected chi connectivity index (χ3v) is 5.10. The number of nitrogens with zero attached hydrogens (tertiary/aromatic N) is 3. The Kier molecular flexibility index (Phi) is 2.71. The Bertz CT molecular complexity index is 767. The minimum absolute atomic E-state index is 0.0854. The number of esters is 1. The molecule has 22 heavy (non-hydrogen) atoms. The number of benzene rings is 1. The van der Waals surface area contributed by atoms with Gasteiger partial charge in [-0.3, -0.25) is 4.79 Å². The van der Waals surface area contributed by atoms with Gasteiger partial charge in [-0.25, -0.2) is 0 Å². The van der Waals surface area contributed by atoms with Gasteiger partial charge in [-0.2, -0.15) is 0 Å². The molecule has 0 fully saturated rings. The molecule has 3 aliphatic rings. The second-order valence-corrected chi connectivity index (χ2v) is 6.40. The summed E-state index contributed by atoms with van der Waals surface area (Å²) < 4.78 is 7.52. The van der Waals surface area contributed by atoms with E-state index in [1.54, 1.807) is 0 Å². The average molecular weight is 297 g/mol. The average Bonchev–Trinajstić information content (AvgIpc) is 2.91. The maximum atomic E-state index is 12.7. The summed E-state index contributed by atoms with van der Waals surface area (Å²) in [5.74, 6) is 1.81. The molecule has 0 N–H and O–H groups in total. The van der Waals surface area contributed by atoms with Crippen molar-refractivity contribution in [3.63, 3.8) is 0 Å². The molecule has 1 aliphatic carbocycles. The first-order valence-corrected chi connectivity index (χ1v) is 7.75. The fraction of sp³-hybridized carbons (Fsp3) is 0.471. The van der Waals surface area contributed by atoms with Crippen molar-refractivity contribution in [2.45, 2.75) is 39.2 Å². The molecule has 5 rings (SSSR count). The highest BCUT2D eigenvalue weighted by Gasteiger charge is 2.56. The van der Waals surface area contributed by atoms with Crippen LogP contribution in [0.5, 0.6) is 0 Å². The van der Waals surface area contributed by atoms with E-state index in [0.717, 1.165) is 18.1 Å². The molecule has 2 aliphatic heterocycles. The molecule has 2 bridgehead atoms.